The van der Waals surface area contributed by atoms with E-state index in [2.05, 4.69) is 30.7 Å². The Bertz CT molecular complexity index is 716. The Hall–Kier alpha value is -2.90. The maximum absolute atomic E-state index is 12.1. The van der Waals surface area contributed by atoms with Crippen LogP contribution in [0, 0.1) is 0 Å². The largest absolute Gasteiger partial charge is 0.478 e. The highest BCUT2D eigenvalue weighted by Crippen LogP contribution is 2.20. The Kier molecular flexibility index (Phi) is 6.19. The third-order valence-corrected chi connectivity index (χ3v) is 4.12. The fourth-order valence-corrected chi connectivity index (χ4v) is 2.81. The van der Waals surface area contributed by atoms with Crippen molar-refractivity contribution in [1.29, 1.82) is 0 Å². The van der Waals surface area contributed by atoms with Crippen molar-refractivity contribution in [1.82, 2.24) is 20.5 Å². The zero-order valence-corrected chi connectivity index (χ0v) is 14.9. The first-order valence-electron chi connectivity index (χ1n) is 8.95. The first kappa shape index (κ1) is 17.9. The molecule has 1 aliphatic rings. The lowest BCUT2D eigenvalue weighted by Gasteiger charge is -2.17. The van der Waals surface area contributed by atoms with Crippen molar-refractivity contribution in [3.63, 3.8) is 0 Å². The molecule has 2 aromatic rings. The summed E-state index contributed by atoms with van der Waals surface area (Å²) in [5, 5.41) is 14.2. The highest BCUT2D eigenvalue weighted by Gasteiger charge is 2.13. The fraction of sp³-hybridized carbons (Fsp3) is 0.444. The van der Waals surface area contributed by atoms with Crippen molar-refractivity contribution < 1.29 is 9.53 Å². The molecular formula is C18H24N6O2. The Morgan fingerprint density at radius 2 is 2.08 bits per heavy atom. The van der Waals surface area contributed by atoms with E-state index in [1.807, 2.05) is 13.0 Å². The number of hydrogen-bond acceptors (Lipinski definition) is 7. The molecule has 0 saturated carbocycles. The molecule has 0 atom stereocenters. The number of rotatable bonds is 8. The molecule has 3 heterocycles. The lowest BCUT2D eigenvalue weighted by Crippen LogP contribution is -2.29. The predicted octanol–water partition coefficient (Wildman–Crippen LogP) is 1.71. The topological polar surface area (TPSA) is 92.3 Å². The van der Waals surface area contributed by atoms with E-state index in [1.165, 1.54) is 19.0 Å². The van der Waals surface area contributed by atoms with Gasteiger partial charge in [0.2, 0.25) is 5.88 Å². The summed E-state index contributed by atoms with van der Waals surface area (Å²) in [6, 6.07) is 5.39. The molecule has 0 aromatic carbocycles. The number of aromatic nitrogens is 3. The van der Waals surface area contributed by atoms with Gasteiger partial charge < -0.3 is 20.3 Å². The van der Waals surface area contributed by atoms with Gasteiger partial charge >= 0.3 is 0 Å². The number of nitrogens with one attached hydrogen (secondary N) is 2. The van der Waals surface area contributed by atoms with Crippen LogP contribution in [0.1, 0.15) is 30.1 Å². The monoisotopic (exact) mass is 356 g/mol. The number of carbonyl (C=O) groups excluding carboxylic acids is 1. The van der Waals surface area contributed by atoms with E-state index in [9.17, 15) is 4.79 Å². The van der Waals surface area contributed by atoms with Gasteiger partial charge in [0.05, 0.1) is 24.1 Å². The first-order valence-corrected chi connectivity index (χ1v) is 8.95. The van der Waals surface area contributed by atoms with Crippen molar-refractivity contribution in [2.24, 2.45) is 0 Å². The van der Waals surface area contributed by atoms with E-state index < -0.39 is 0 Å². The first-order chi connectivity index (χ1) is 12.8. The van der Waals surface area contributed by atoms with Crippen molar-refractivity contribution in [2.75, 3.05) is 43.0 Å². The molecule has 26 heavy (non-hydrogen) atoms. The van der Waals surface area contributed by atoms with Crippen molar-refractivity contribution in [3.05, 3.63) is 36.2 Å². The molecule has 8 heteroatoms. The summed E-state index contributed by atoms with van der Waals surface area (Å²) in [6.45, 7) is 5.61. The average molecular weight is 356 g/mol. The number of hydrogen-bond donors (Lipinski definition) is 2. The van der Waals surface area contributed by atoms with Gasteiger partial charge in [-0.1, -0.05) is 0 Å². The van der Waals surface area contributed by atoms with Crippen LogP contribution in [0.4, 0.5) is 11.5 Å². The number of nitrogens with zero attached hydrogens (tertiary/aromatic N) is 4. The van der Waals surface area contributed by atoms with Gasteiger partial charge in [-0.05, 0) is 25.8 Å². The summed E-state index contributed by atoms with van der Waals surface area (Å²) in [6.07, 6.45) is 5.74. The van der Waals surface area contributed by atoms with Gasteiger partial charge in [0, 0.05) is 44.5 Å². The minimum atomic E-state index is -0.167. The summed E-state index contributed by atoms with van der Waals surface area (Å²) >= 11 is 0. The van der Waals surface area contributed by atoms with Crippen LogP contribution in [-0.2, 0) is 0 Å². The molecular weight excluding hydrogens is 332 g/mol. The highest BCUT2D eigenvalue weighted by atomic mass is 16.5. The molecule has 0 spiro atoms. The van der Waals surface area contributed by atoms with Gasteiger partial charge in [0.15, 0.2) is 5.82 Å². The van der Waals surface area contributed by atoms with Gasteiger partial charge in [0.1, 0.15) is 0 Å². The van der Waals surface area contributed by atoms with Gasteiger partial charge in [-0.2, -0.15) is 5.10 Å². The number of ether oxygens (including phenoxy) is 1. The van der Waals surface area contributed by atoms with Gasteiger partial charge in [-0.3, -0.25) is 4.79 Å². The molecule has 2 aromatic heterocycles. The second-order valence-electron chi connectivity index (χ2n) is 5.99. The zero-order chi connectivity index (χ0) is 18.2. The molecule has 138 valence electrons. The van der Waals surface area contributed by atoms with Crippen LogP contribution in [0.25, 0.3) is 0 Å². The van der Waals surface area contributed by atoms with Gasteiger partial charge in [-0.15, -0.1) is 5.10 Å². The highest BCUT2D eigenvalue weighted by molar-refractivity contribution is 5.93. The molecule has 2 N–H and O–H groups in total. The summed E-state index contributed by atoms with van der Waals surface area (Å²) in [4.78, 5) is 18.5. The van der Waals surface area contributed by atoms with E-state index in [0.29, 0.717) is 37.0 Å². The second kappa shape index (κ2) is 8.98. The maximum atomic E-state index is 12.1. The smallest absolute Gasteiger partial charge is 0.252 e. The zero-order valence-electron chi connectivity index (χ0n) is 14.9. The van der Waals surface area contributed by atoms with Crippen LogP contribution >= 0.6 is 0 Å². The number of anilines is 2. The lowest BCUT2D eigenvalue weighted by atomic mass is 10.2. The maximum Gasteiger partial charge on any atom is 0.252 e. The Labute approximate surface area is 153 Å². The van der Waals surface area contributed by atoms with Crippen LogP contribution in [0.5, 0.6) is 5.88 Å². The summed E-state index contributed by atoms with van der Waals surface area (Å²) in [5.41, 5.74) is 1.59. The van der Waals surface area contributed by atoms with Crippen LogP contribution in [-0.4, -0.2) is 53.9 Å². The molecule has 0 unspecified atom stereocenters. The van der Waals surface area contributed by atoms with Crippen LogP contribution in [0.15, 0.2) is 30.6 Å². The molecule has 1 aliphatic heterocycles. The molecule has 1 saturated heterocycles. The van der Waals surface area contributed by atoms with E-state index in [0.717, 1.165) is 18.8 Å². The Morgan fingerprint density at radius 3 is 2.81 bits per heavy atom. The standard InChI is InChI=1S/C18H24N6O2/c1-2-26-17-6-5-14(12-21-17)18(25)20-8-7-19-16-11-15(13-22-23-16)24-9-3-4-10-24/h5-6,11-13H,2-4,7-10H2,1H3,(H,19,23)(H,20,25). The Morgan fingerprint density at radius 1 is 1.23 bits per heavy atom. The lowest BCUT2D eigenvalue weighted by molar-refractivity contribution is 0.0954. The quantitative estimate of drug-likeness (QED) is 0.696. The number of pyridine rings is 1. The average Bonchev–Trinajstić information content (AvgIpc) is 3.21. The molecule has 3 rings (SSSR count). The Balaban J connectivity index is 1.43. The third-order valence-electron chi connectivity index (χ3n) is 4.12. The number of amides is 1. The van der Waals surface area contributed by atoms with E-state index in [-0.39, 0.29) is 5.91 Å². The minimum absolute atomic E-state index is 0.167. The van der Waals surface area contributed by atoms with Crippen molar-refractivity contribution in [2.45, 2.75) is 19.8 Å². The summed E-state index contributed by atoms with van der Waals surface area (Å²) < 4.78 is 5.27. The second-order valence-corrected chi connectivity index (χ2v) is 5.99. The van der Waals surface area contributed by atoms with Gasteiger partial charge in [-0.25, -0.2) is 4.98 Å². The summed E-state index contributed by atoms with van der Waals surface area (Å²) in [7, 11) is 0. The van der Waals surface area contributed by atoms with E-state index in [1.54, 1.807) is 18.3 Å². The molecule has 8 nitrogen and oxygen atoms in total. The SMILES string of the molecule is CCOc1ccc(C(=O)NCCNc2cc(N3CCCC3)cnn2)cn1. The van der Waals surface area contributed by atoms with Crippen molar-refractivity contribution in [3.8, 4) is 5.88 Å². The van der Waals surface area contributed by atoms with Crippen molar-refractivity contribution >= 4 is 17.4 Å². The molecule has 0 bridgehead atoms. The third kappa shape index (κ3) is 4.81. The molecule has 1 fully saturated rings. The van der Waals surface area contributed by atoms with E-state index in [4.69, 9.17) is 4.74 Å². The summed E-state index contributed by atoms with van der Waals surface area (Å²) in [5.74, 6) is 1.06. The normalized spacial score (nSPS) is 13.5. The van der Waals surface area contributed by atoms with E-state index >= 15 is 0 Å². The minimum Gasteiger partial charge on any atom is -0.478 e. The van der Waals surface area contributed by atoms with Crippen LogP contribution in [0.2, 0.25) is 0 Å². The molecule has 0 aliphatic carbocycles. The van der Waals surface area contributed by atoms with Crippen LogP contribution < -0.4 is 20.3 Å². The molecule has 1 amide bonds. The number of carbonyl (C=O) groups is 1. The predicted molar refractivity (Wildman–Crippen MR) is 99.7 cm³/mol. The fourth-order valence-electron chi connectivity index (χ4n) is 2.81. The molecule has 0 radical (unpaired) electrons. The van der Waals surface area contributed by atoms with Gasteiger partial charge in [0.25, 0.3) is 5.91 Å². The van der Waals surface area contributed by atoms with Crippen LogP contribution in [0.3, 0.4) is 0 Å².